The molecule has 0 aliphatic rings. The van der Waals surface area contributed by atoms with Crippen molar-refractivity contribution >= 4 is 40.4 Å². The Labute approximate surface area is 231 Å². The molecule has 0 unspecified atom stereocenters. The average Bonchev–Trinajstić information content (AvgIpc) is 3.52. The predicted molar refractivity (Wildman–Crippen MR) is 155 cm³/mol. The Morgan fingerprint density at radius 2 is 1.84 bits per heavy atom. The number of ether oxygens (including phenoxy) is 1. The minimum atomic E-state index is -0.161. The van der Waals surface area contributed by atoms with Crippen LogP contribution in [-0.4, -0.2) is 27.3 Å². The molecule has 2 aromatic heterocycles. The summed E-state index contributed by atoms with van der Waals surface area (Å²) >= 11 is 7.61. The lowest BCUT2D eigenvalue weighted by Gasteiger charge is -2.10. The van der Waals surface area contributed by atoms with Gasteiger partial charge in [0.15, 0.2) is 0 Å². The molecule has 2 N–H and O–H groups in total. The first-order valence-corrected chi connectivity index (χ1v) is 13.7. The van der Waals surface area contributed by atoms with Crippen molar-refractivity contribution in [2.75, 3.05) is 6.61 Å². The Bertz CT molecular complexity index is 1570. The van der Waals surface area contributed by atoms with E-state index in [-0.39, 0.29) is 5.91 Å². The van der Waals surface area contributed by atoms with Crippen molar-refractivity contribution in [3.05, 3.63) is 100 Å². The van der Waals surface area contributed by atoms with Gasteiger partial charge in [-0.3, -0.25) is 14.2 Å². The number of para-hydroxylation sites is 1. The number of hydrogen-bond donors (Lipinski definition) is 2. The summed E-state index contributed by atoms with van der Waals surface area (Å²) in [6, 6.07) is 21.8. The molecule has 1 amide bonds. The van der Waals surface area contributed by atoms with E-state index in [2.05, 4.69) is 20.9 Å². The van der Waals surface area contributed by atoms with Gasteiger partial charge in [-0.2, -0.15) is 5.10 Å². The number of amides is 1. The third-order valence-electron chi connectivity index (χ3n) is 6.52. The van der Waals surface area contributed by atoms with E-state index in [0.29, 0.717) is 18.7 Å². The van der Waals surface area contributed by atoms with E-state index in [1.165, 1.54) is 11.9 Å². The first-order chi connectivity index (χ1) is 18.4. The van der Waals surface area contributed by atoms with Crippen LogP contribution in [0, 0.1) is 13.8 Å². The van der Waals surface area contributed by atoms with Crippen molar-refractivity contribution in [1.29, 1.82) is 0 Å². The number of halogens is 1. The summed E-state index contributed by atoms with van der Waals surface area (Å²) in [5, 5.41) is 6.12. The second-order valence-corrected chi connectivity index (χ2v) is 10.5. The van der Waals surface area contributed by atoms with Crippen molar-refractivity contribution in [1.82, 2.24) is 19.5 Å². The van der Waals surface area contributed by atoms with Gasteiger partial charge in [-0.25, -0.2) is 0 Å². The fraction of sp³-hybridized carbons (Fsp3) is 0.200. The molecule has 5 aromatic rings. The van der Waals surface area contributed by atoms with Crippen molar-refractivity contribution < 1.29 is 9.53 Å². The molecule has 5 rings (SSSR count). The van der Waals surface area contributed by atoms with Crippen LogP contribution in [0.3, 0.4) is 0 Å². The Hall–Kier alpha value is -3.68. The summed E-state index contributed by atoms with van der Waals surface area (Å²) in [6.07, 6.45) is 3.20. The zero-order valence-electron chi connectivity index (χ0n) is 21.5. The van der Waals surface area contributed by atoms with Crippen LogP contribution >= 0.6 is 23.5 Å². The molecule has 0 saturated heterocycles. The van der Waals surface area contributed by atoms with Crippen molar-refractivity contribution in [3.8, 4) is 17.0 Å². The molecule has 38 heavy (non-hydrogen) atoms. The van der Waals surface area contributed by atoms with E-state index in [9.17, 15) is 4.79 Å². The van der Waals surface area contributed by atoms with Gasteiger partial charge in [0.05, 0.1) is 17.8 Å². The fourth-order valence-electron chi connectivity index (χ4n) is 4.65. The van der Waals surface area contributed by atoms with Gasteiger partial charge in [0.2, 0.25) is 0 Å². The van der Waals surface area contributed by atoms with Crippen LogP contribution in [0.25, 0.3) is 22.2 Å². The molecule has 6 nitrogen and oxygen atoms in total. The van der Waals surface area contributed by atoms with E-state index < -0.39 is 0 Å². The normalized spacial score (nSPS) is 11.2. The molecular formula is C30H29ClN4O2S. The highest BCUT2D eigenvalue weighted by molar-refractivity contribution is 7.98. The quantitative estimate of drug-likeness (QED) is 0.151. The van der Waals surface area contributed by atoms with Crippen LogP contribution in [0.1, 0.15) is 33.6 Å². The van der Waals surface area contributed by atoms with Gasteiger partial charge in [0, 0.05) is 34.1 Å². The average molecular weight is 545 g/mol. The van der Waals surface area contributed by atoms with E-state index in [0.717, 1.165) is 60.9 Å². The zero-order valence-corrected chi connectivity index (χ0v) is 23.1. The number of rotatable bonds is 9. The minimum Gasteiger partial charge on any atom is -0.494 e. The van der Waals surface area contributed by atoms with E-state index in [1.807, 2.05) is 86.2 Å². The summed E-state index contributed by atoms with van der Waals surface area (Å²) in [4.78, 5) is 17.8. The highest BCUT2D eigenvalue weighted by atomic mass is 35.5. The second kappa shape index (κ2) is 11.4. The third-order valence-corrected chi connectivity index (χ3v) is 7.91. The molecule has 0 aliphatic carbocycles. The number of fused-ring (bicyclic) bond motifs is 1. The van der Waals surface area contributed by atoms with E-state index in [1.54, 1.807) is 6.20 Å². The van der Waals surface area contributed by atoms with Crippen LogP contribution in [0.2, 0.25) is 5.02 Å². The van der Waals surface area contributed by atoms with Crippen LogP contribution < -0.4 is 9.46 Å². The summed E-state index contributed by atoms with van der Waals surface area (Å²) in [7, 11) is 1.92. The number of carbonyl (C=O) groups excluding carboxylic acids is 1. The van der Waals surface area contributed by atoms with E-state index in [4.69, 9.17) is 16.3 Å². The molecule has 3 aromatic carbocycles. The number of nitrogens with one attached hydrogen (secondary N) is 2. The largest absolute Gasteiger partial charge is 0.494 e. The smallest absolute Gasteiger partial charge is 0.278 e. The topological polar surface area (TPSA) is 71.9 Å². The maximum Gasteiger partial charge on any atom is 0.278 e. The van der Waals surface area contributed by atoms with Crippen LogP contribution in [0.15, 0.2) is 77.8 Å². The molecule has 0 spiro atoms. The van der Waals surface area contributed by atoms with E-state index >= 15 is 0 Å². The highest BCUT2D eigenvalue weighted by Gasteiger charge is 2.21. The third kappa shape index (κ3) is 5.44. The monoisotopic (exact) mass is 544 g/mol. The minimum absolute atomic E-state index is 0.161. The summed E-state index contributed by atoms with van der Waals surface area (Å²) in [5.41, 5.74) is 6.43. The van der Waals surface area contributed by atoms with Gasteiger partial charge in [-0.15, -0.1) is 0 Å². The number of carbonyl (C=O) groups is 1. The number of benzene rings is 3. The summed E-state index contributed by atoms with van der Waals surface area (Å²) in [5.74, 6) is 0.643. The molecule has 0 atom stereocenters. The van der Waals surface area contributed by atoms with Gasteiger partial charge in [-0.1, -0.05) is 48.0 Å². The second-order valence-electron chi connectivity index (χ2n) is 9.22. The van der Waals surface area contributed by atoms with Crippen molar-refractivity contribution in [2.24, 2.45) is 7.05 Å². The Balaban J connectivity index is 1.41. The van der Waals surface area contributed by atoms with Crippen LogP contribution in [0.5, 0.6) is 5.75 Å². The molecule has 0 saturated carbocycles. The lowest BCUT2D eigenvalue weighted by molar-refractivity contribution is 0.0979. The van der Waals surface area contributed by atoms with Crippen molar-refractivity contribution in [2.45, 2.75) is 31.6 Å². The molecule has 0 aliphatic heterocycles. The van der Waals surface area contributed by atoms with Gasteiger partial charge in [-0.05, 0) is 85.7 Å². The van der Waals surface area contributed by atoms with Gasteiger partial charge in [0.1, 0.15) is 11.4 Å². The summed E-state index contributed by atoms with van der Waals surface area (Å²) in [6.45, 7) is 4.48. The van der Waals surface area contributed by atoms with Crippen molar-refractivity contribution in [3.63, 3.8) is 0 Å². The van der Waals surface area contributed by atoms with Gasteiger partial charge in [0.25, 0.3) is 5.91 Å². The molecule has 8 heteroatoms. The maximum atomic E-state index is 13.4. The molecular weight excluding hydrogens is 516 g/mol. The Morgan fingerprint density at radius 1 is 1.08 bits per heavy atom. The zero-order chi connectivity index (χ0) is 26.6. The Kier molecular flexibility index (Phi) is 7.77. The summed E-state index contributed by atoms with van der Waals surface area (Å²) < 4.78 is 10.9. The number of aromatic amines is 1. The first-order valence-electron chi connectivity index (χ1n) is 12.5. The molecule has 0 fully saturated rings. The van der Waals surface area contributed by atoms with Gasteiger partial charge >= 0.3 is 0 Å². The number of nitrogens with zero attached hydrogens (tertiary/aromatic N) is 2. The lowest BCUT2D eigenvalue weighted by Crippen LogP contribution is -2.18. The number of aromatic nitrogens is 3. The lowest BCUT2D eigenvalue weighted by atomic mass is 10.0. The number of H-pyrrole nitrogens is 1. The van der Waals surface area contributed by atoms with Crippen LogP contribution in [0.4, 0.5) is 0 Å². The fourth-order valence-corrected chi connectivity index (χ4v) is 5.37. The Morgan fingerprint density at radius 3 is 2.55 bits per heavy atom. The molecule has 0 bridgehead atoms. The SMILES string of the molecule is Cc1cc(OCCCc2c(C(=O)NSc3ccccc3)[nH]c3c(-c4ccnn4C)cccc23)cc(C)c1Cl. The first kappa shape index (κ1) is 25.9. The number of hydrogen-bond acceptors (Lipinski definition) is 4. The highest BCUT2D eigenvalue weighted by Crippen LogP contribution is 2.33. The molecule has 0 radical (unpaired) electrons. The number of aryl methyl sites for hydroxylation is 4. The van der Waals surface area contributed by atoms with Gasteiger partial charge < -0.3 is 9.72 Å². The molecule has 194 valence electrons. The predicted octanol–water partition coefficient (Wildman–Crippen LogP) is 7.29. The maximum absolute atomic E-state index is 13.4. The molecule has 2 heterocycles. The standard InChI is InChI=1S/C30H29ClN4O2S/c1-19-17-21(18-20(2)27(19)31)37-16-8-13-24-23-11-7-12-25(26-14-15-32-35(26)3)28(23)33-29(24)30(36)34-38-22-9-5-4-6-10-22/h4-7,9-12,14-15,17-18,33H,8,13,16H2,1-3H3,(H,34,36). The van der Waals surface area contributed by atoms with Crippen LogP contribution in [-0.2, 0) is 13.5 Å².